The van der Waals surface area contributed by atoms with Crippen LogP contribution in [-0.2, 0) is 0 Å². The van der Waals surface area contributed by atoms with Crippen LogP contribution in [0.3, 0.4) is 0 Å². The lowest BCUT2D eigenvalue weighted by atomic mass is 10.2. The first kappa shape index (κ1) is 12.4. The van der Waals surface area contributed by atoms with Gasteiger partial charge < -0.3 is 5.73 Å². The van der Waals surface area contributed by atoms with Crippen molar-refractivity contribution in [1.82, 2.24) is 5.43 Å². The van der Waals surface area contributed by atoms with Crippen LogP contribution >= 0.6 is 12.4 Å². The number of halogens is 2. The second kappa shape index (κ2) is 5.93. The fourth-order valence-corrected chi connectivity index (χ4v) is 0.751. The molecule has 4 N–H and O–H groups in total. The molecule has 0 saturated heterocycles. The summed E-state index contributed by atoms with van der Waals surface area (Å²) in [6.07, 6.45) is 1.26. The highest BCUT2D eigenvalue weighted by Gasteiger charge is 1.94. The number of rotatable bonds is 2. The zero-order chi connectivity index (χ0) is 9.68. The second-order valence-corrected chi connectivity index (χ2v) is 2.31. The zero-order valence-electron chi connectivity index (χ0n) is 7.20. The summed E-state index contributed by atoms with van der Waals surface area (Å²) in [7, 11) is 0. The monoisotopic (exact) mass is 216 g/mol. The lowest BCUT2D eigenvalue weighted by Gasteiger charge is -1.95. The highest BCUT2D eigenvalue weighted by atomic mass is 35.5. The number of nitrogens with two attached hydrogens (primary N) is 1. The minimum absolute atomic E-state index is 0. The van der Waals surface area contributed by atoms with Crippen LogP contribution in [0.15, 0.2) is 29.4 Å². The van der Waals surface area contributed by atoms with Crippen molar-refractivity contribution in [3.8, 4) is 0 Å². The van der Waals surface area contributed by atoms with Gasteiger partial charge >= 0.3 is 0 Å². The van der Waals surface area contributed by atoms with Crippen molar-refractivity contribution in [3.05, 3.63) is 35.6 Å². The molecule has 0 aliphatic carbocycles. The van der Waals surface area contributed by atoms with Crippen molar-refractivity contribution in [2.45, 2.75) is 0 Å². The topological polar surface area (TPSA) is 74.3 Å². The van der Waals surface area contributed by atoms with E-state index in [4.69, 9.17) is 11.1 Å². The van der Waals surface area contributed by atoms with Crippen LogP contribution < -0.4 is 11.2 Å². The van der Waals surface area contributed by atoms with Crippen molar-refractivity contribution >= 4 is 24.6 Å². The quantitative estimate of drug-likeness (QED) is 0.393. The lowest BCUT2D eigenvalue weighted by molar-refractivity contribution is 0.626. The average molecular weight is 217 g/mol. The molecular weight excluding hydrogens is 207 g/mol. The molecule has 0 fully saturated rings. The maximum Gasteiger partial charge on any atom is 0.206 e. The van der Waals surface area contributed by atoms with Crippen molar-refractivity contribution < 1.29 is 4.39 Å². The third kappa shape index (κ3) is 3.86. The van der Waals surface area contributed by atoms with Crippen molar-refractivity contribution in [2.24, 2.45) is 10.8 Å². The van der Waals surface area contributed by atoms with E-state index in [9.17, 15) is 4.39 Å². The molecule has 1 aromatic carbocycles. The maximum absolute atomic E-state index is 12.9. The summed E-state index contributed by atoms with van der Waals surface area (Å²) in [6.45, 7) is 0. The normalized spacial score (nSPS) is 9.50. The standard InChI is InChI=1S/C8H9FN4.ClH/c9-7-4-2-1-3-6(7)5-12-13-8(10)11;/h1-5H,(H4,10,11,13);1H. The van der Waals surface area contributed by atoms with Crippen LogP contribution in [0.4, 0.5) is 4.39 Å². The largest absolute Gasteiger partial charge is 0.369 e. The highest BCUT2D eigenvalue weighted by Crippen LogP contribution is 2.02. The molecule has 14 heavy (non-hydrogen) atoms. The van der Waals surface area contributed by atoms with Crippen LogP contribution in [-0.4, -0.2) is 12.2 Å². The van der Waals surface area contributed by atoms with E-state index >= 15 is 0 Å². The molecule has 0 heterocycles. The summed E-state index contributed by atoms with van der Waals surface area (Å²) < 4.78 is 12.9. The highest BCUT2D eigenvalue weighted by molar-refractivity contribution is 5.85. The molecule has 0 spiro atoms. The third-order valence-corrected chi connectivity index (χ3v) is 1.29. The Bertz CT molecular complexity index is 340. The predicted octanol–water partition coefficient (Wildman–Crippen LogP) is 1.06. The SMILES string of the molecule is Cl.N=C(N)NN=Cc1ccccc1F. The smallest absolute Gasteiger partial charge is 0.206 e. The van der Waals surface area contributed by atoms with Gasteiger partial charge in [0, 0.05) is 5.56 Å². The molecular formula is C8H10ClFN4. The summed E-state index contributed by atoms with van der Waals surface area (Å²) in [6, 6.07) is 6.18. The first-order valence-corrected chi connectivity index (χ1v) is 3.58. The van der Waals surface area contributed by atoms with E-state index in [0.717, 1.165) is 0 Å². The third-order valence-electron chi connectivity index (χ3n) is 1.29. The van der Waals surface area contributed by atoms with Gasteiger partial charge in [-0.3, -0.25) is 5.41 Å². The minimum atomic E-state index is -0.364. The summed E-state index contributed by atoms with van der Waals surface area (Å²) in [5.74, 6) is -0.649. The van der Waals surface area contributed by atoms with Gasteiger partial charge in [0.05, 0.1) is 6.21 Å². The molecule has 0 unspecified atom stereocenters. The molecule has 0 aliphatic rings. The molecule has 0 bridgehead atoms. The Labute approximate surface area is 86.9 Å². The van der Waals surface area contributed by atoms with Crippen LogP contribution in [0.5, 0.6) is 0 Å². The molecule has 1 aromatic rings. The van der Waals surface area contributed by atoms with E-state index in [1.165, 1.54) is 12.3 Å². The van der Waals surface area contributed by atoms with E-state index in [-0.39, 0.29) is 24.2 Å². The minimum Gasteiger partial charge on any atom is -0.369 e. The Hall–Kier alpha value is -1.62. The van der Waals surface area contributed by atoms with E-state index in [1.807, 2.05) is 0 Å². The molecule has 0 aromatic heterocycles. The van der Waals surface area contributed by atoms with Gasteiger partial charge in [0.25, 0.3) is 0 Å². The molecule has 0 aliphatic heterocycles. The first-order chi connectivity index (χ1) is 6.20. The number of hydrogen-bond acceptors (Lipinski definition) is 2. The Balaban J connectivity index is 0.00000169. The Kier molecular flexibility index (Phi) is 5.24. The average Bonchev–Trinajstić information content (AvgIpc) is 2.08. The van der Waals surface area contributed by atoms with E-state index < -0.39 is 0 Å². The fourth-order valence-electron chi connectivity index (χ4n) is 0.751. The fraction of sp³-hybridized carbons (Fsp3) is 0. The van der Waals surface area contributed by atoms with Gasteiger partial charge in [0.2, 0.25) is 5.96 Å². The molecule has 76 valence electrons. The van der Waals surface area contributed by atoms with Crippen molar-refractivity contribution in [1.29, 1.82) is 5.41 Å². The molecule has 0 saturated carbocycles. The molecule has 0 atom stereocenters. The van der Waals surface area contributed by atoms with Gasteiger partial charge in [-0.15, -0.1) is 12.4 Å². The predicted molar refractivity (Wildman–Crippen MR) is 56.3 cm³/mol. The van der Waals surface area contributed by atoms with E-state index in [0.29, 0.717) is 5.56 Å². The van der Waals surface area contributed by atoms with Gasteiger partial charge in [0.15, 0.2) is 0 Å². The number of hydrazone groups is 1. The van der Waals surface area contributed by atoms with Crippen LogP contribution in [0.1, 0.15) is 5.56 Å². The maximum atomic E-state index is 12.9. The number of benzene rings is 1. The molecule has 6 heteroatoms. The molecule has 0 amide bonds. The van der Waals surface area contributed by atoms with Crippen molar-refractivity contribution in [3.63, 3.8) is 0 Å². The molecule has 4 nitrogen and oxygen atoms in total. The van der Waals surface area contributed by atoms with E-state index in [2.05, 4.69) is 10.5 Å². The first-order valence-electron chi connectivity index (χ1n) is 3.58. The zero-order valence-corrected chi connectivity index (χ0v) is 8.01. The van der Waals surface area contributed by atoms with Crippen LogP contribution in [0, 0.1) is 11.2 Å². The van der Waals surface area contributed by atoms with E-state index in [1.54, 1.807) is 18.2 Å². The summed E-state index contributed by atoms with van der Waals surface area (Å²) in [5, 5.41) is 10.3. The number of hydrogen-bond donors (Lipinski definition) is 3. The van der Waals surface area contributed by atoms with Gasteiger partial charge in [-0.2, -0.15) is 5.10 Å². The molecule has 1 rings (SSSR count). The summed E-state index contributed by atoms with van der Waals surface area (Å²) in [5.41, 5.74) is 7.49. The van der Waals surface area contributed by atoms with Crippen LogP contribution in [0.25, 0.3) is 0 Å². The summed E-state index contributed by atoms with van der Waals surface area (Å²) >= 11 is 0. The molecule has 0 radical (unpaired) electrons. The van der Waals surface area contributed by atoms with Gasteiger partial charge in [-0.1, -0.05) is 18.2 Å². The number of nitrogens with zero attached hydrogens (tertiary/aromatic N) is 1. The number of guanidine groups is 1. The van der Waals surface area contributed by atoms with Gasteiger partial charge in [-0.05, 0) is 6.07 Å². The Morgan fingerprint density at radius 1 is 1.50 bits per heavy atom. The van der Waals surface area contributed by atoms with Crippen LogP contribution in [0.2, 0.25) is 0 Å². The van der Waals surface area contributed by atoms with Crippen molar-refractivity contribution in [2.75, 3.05) is 0 Å². The van der Waals surface area contributed by atoms with Gasteiger partial charge in [-0.25, -0.2) is 9.82 Å². The van der Waals surface area contributed by atoms with Gasteiger partial charge in [0.1, 0.15) is 5.82 Å². The number of nitrogens with one attached hydrogen (secondary N) is 2. The summed E-state index contributed by atoms with van der Waals surface area (Å²) in [4.78, 5) is 0. The second-order valence-electron chi connectivity index (χ2n) is 2.31. The Morgan fingerprint density at radius 3 is 2.71 bits per heavy atom. The Morgan fingerprint density at radius 2 is 2.14 bits per heavy atom. The lowest BCUT2D eigenvalue weighted by Crippen LogP contribution is -2.25.